The molecule has 5 heteroatoms. The molecule has 5 rings (SSSR count). The van der Waals surface area contributed by atoms with Crippen molar-refractivity contribution < 1.29 is 13.5 Å². The van der Waals surface area contributed by atoms with Crippen LogP contribution in [-0.2, 0) is 10.8 Å². The highest BCUT2D eigenvalue weighted by molar-refractivity contribution is 5.54. The van der Waals surface area contributed by atoms with Gasteiger partial charge in [-0.2, -0.15) is 8.78 Å². The second-order valence-corrected chi connectivity index (χ2v) is 14.9. The predicted molar refractivity (Wildman–Crippen MR) is 157 cm³/mol. The summed E-state index contributed by atoms with van der Waals surface area (Å²) in [6.45, 7) is 9.85. The van der Waals surface area contributed by atoms with Crippen LogP contribution in [0.4, 0.5) is 20.2 Å². The summed E-state index contributed by atoms with van der Waals surface area (Å²) in [6, 6.07) is 3.96. The number of nitrogen functional groups attached to an aromatic ring is 2. The second kappa shape index (κ2) is 11.1. The van der Waals surface area contributed by atoms with Gasteiger partial charge in [-0.05, 0) is 128 Å². The van der Waals surface area contributed by atoms with Gasteiger partial charge >= 0.3 is 6.11 Å². The van der Waals surface area contributed by atoms with Crippen LogP contribution in [0.25, 0.3) is 0 Å². The Kier molecular flexibility index (Phi) is 8.32. The summed E-state index contributed by atoms with van der Waals surface area (Å²) in [4.78, 5) is 0. The number of alkyl halides is 2. The maximum Gasteiger partial charge on any atom is 0.383 e. The van der Waals surface area contributed by atoms with Crippen LogP contribution in [0.15, 0.2) is 18.2 Å². The molecule has 3 unspecified atom stereocenters. The van der Waals surface area contributed by atoms with E-state index in [1.54, 1.807) is 0 Å². The van der Waals surface area contributed by atoms with Gasteiger partial charge in [0.1, 0.15) is 0 Å². The second-order valence-electron chi connectivity index (χ2n) is 14.9. The van der Waals surface area contributed by atoms with E-state index >= 15 is 0 Å². The minimum Gasteiger partial charge on any atom is -0.399 e. The van der Waals surface area contributed by atoms with Gasteiger partial charge in [-0.25, -0.2) is 0 Å². The highest BCUT2D eigenvalue weighted by Gasteiger charge is 2.60. The molecule has 39 heavy (non-hydrogen) atoms. The van der Waals surface area contributed by atoms with Crippen LogP contribution in [0, 0.1) is 52.3 Å². The Labute approximate surface area is 236 Å². The quantitative estimate of drug-likeness (QED) is 0.304. The first kappa shape index (κ1) is 29.1. The number of hydrogen-bond donors (Lipinski definition) is 2. The largest absolute Gasteiger partial charge is 0.399 e. The van der Waals surface area contributed by atoms with Crippen LogP contribution >= 0.6 is 0 Å². The van der Waals surface area contributed by atoms with Gasteiger partial charge in [0.15, 0.2) is 0 Å². The van der Waals surface area contributed by atoms with Gasteiger partial charge in [0, 0.05) is 11.4 Å². The molecule has 9 atom stereocenters. The van der Waals surface area contributed by atoms with E-state index in [9.17, 15) is 8.78 Å². The maximum atomic E-state index is 14.6. The summed E-state index contributed by atoms with van der Waals surface area (Å²) < 4.78 is 34.3. The van der Waals surface area contributed by atoms with Crippen molar-refractivity contribution in [1.82, 2.24) is 0 Å². The van der Waals surface area contributed by atoms with Crippen LogP contribution in [-0.4, -0.2) is 6.61 Å². The summed E-state index contributed by atoms with van der Waals surface area (Å²) in [5, 5.41) is 0. The summed E-state index contributed by atoms with van der Waals surface area (Å²) >= 11 is 0. The minimum atomic E-state index is -3.38. The van der Waals surface area contributed by atoms with Gasteiger partial charge in [0.05, 0.1) is 12.2 Å². The molecule has 0 amide bonds. The van der Waals surface area contributed by atoms with Crippen molar-refractivity contribution in [3.05, 3.63) is 23.8 Å². The highest BCUT2D eigenvalue weighted by atomic mass is 19.3. The topological polar surface area (TPSA) is 61.3 Å². The Morgan fingerprint density at radius 3 is 2.33 bits per heavy atom. The third-order valence-corrected chi connectivity index (χ3v) is 12.6. The first-order chi connectivity index (χ1) is 18.4. The normalized spacial score (nSPS) is 37.9. The zero-order valence-electron chi connectivity index (χ0n) is 25.0. The van der Waals surface area contributed by atoms with E-state index in [4.69, 9.17) is 16.2 Å². The number of hydrogen-bond acceptors (Lipinski definition) is 3. The Hall–Kier alpha value is -1.36. The lowest BCUT2D eigenvalue weighted by molar-refractivity contribution is -0.254. The average Bonchev–Trinajstić information content (AvgIpc) is 3.24. The zero-order valence-corrected chi connectivity index (χ0v) is 25.0. The number of ether oxygens (including phenoxy) is 1. The molecule has 4 aliphatic carbocycles. The van der Waals surface area contributed by atoms with Crippen molar-refractivity contribution in [2.75, 3.05) is 18.1 Å². The Bertz CT molecular complexity index is 979. The molecule has 0 heterocycles. The molecule has 0 spiro atoms. The summed E-state index contributed by atoms with van der Waals surface area (Å²) in [7, 11) is 0. The van der Waals surface area contributed by atoms with Crippen molar-refractivity contribution in [2.45, 2.75) is 117 Å². The van der Waals surface area contributed by atoms with E-state index in [1.807, 2.05) is 6.92 Å². The first-order valence-corrected chi connectivity index (χ1v) is 16.1. The molecular weight excluding hydrogens is 490 g/mol. The molecule has 1 aromatic carbocycles. The molecule has 0 radical (unpaired) electrons. The van der Waals surface area contributed by atoms with Gasteiger partial charge in [-0.1, -0.05) is 53.4 Å². The lowest BCUT2D eigenvalue weighted by atomic mass is 9.44. The van der Waals surface area contributed by atoms with Crippen LogP contribution in [0.3, 0.4) is 0 Å². The summed E-state index contributed by atoms with van der Waals surface area (Å²) in [6.07, 6.45) is 14.3. The van der Waals surface area contributed by atoms with Gasteiger partial charge < -0.3 is 16.2 Å². The molecule has 1 aromatic rings. The Balaban J connectivity index is 1.11. The highest BCUT2D eigenvalue weighted by Crippen LogP contribution is 2.68. The number of halogens is 2. The standard InChI is InChI=1S/C34H54F2N2O/c1-22(21-39-34(35,36)25-18-26(37)20-27(38)19-25)8-7-9-23(2)29-13-14-30-28-12-11-24-10-5-6-16-32(24,3)31(28)15-17-33(29,30)4/h18-20,22-24,28-31H,5-17,21,37-38H2,1-4H3/t22?,23?,24?,28-,29+,30-,31-,32-,33+/m0/s1. The molecule has 4 aliphatic rings. The molecule has 0 saturated heterocycles. The van der Waals surface area contributed by atoms with Crippen LogP contribution in [0.2, 0.25) is 0 Å². The van der Waals surface area contributed by atoms with E-state index in [-0.39, 0.29) is 29.5 Å². The molecule has 4 fully saturated rings. The van der Waals surface area contributed by atoms with Gasteiger partial charge in [-0.15, -0.1) is 0 Å². The van der Waals surface area contributed by atoms with Crippen LogP contribution in [0.1, 0.15) is 117 Å². The number of fused-ring (bicyclic) bond motifs is 5. The van der Waals surface area contributed by atoms with Crippen molar-refractivity contribution in [1.29, 1.82) is 0 Å². The molecule has 4 saturated carbocycles. The lowest BCUT2D eigenvalue weighted by Crippen LogP contribution is -2.53. The first-order valence-electron chi connectivity index (χ1n) is 16.1. The molecule has 4 N–H and O–H groups in total. The molecular formula is C34H54F2N2O. The van der Waals surface area contributed by atoms with Crippen LogP contribution < -0.4 is 11.5 Å². The van der Waals surface area contributed by atoms with Crippen molar-refractivity contribution >= 4 is 11.4 Å². The Morgan fingerprint density at radius 1 is 0.872 bits per heavy atom. The lowest BCUT2D eigenvalue weighted by Gasteiger charge is -2.61. The monoisotopic (exact) mass is 544 g/mol. The van der Waals surface area contributed by atoms with E-state index in [2.05, 4.69) is 20.8 Å². The number of benzene rings is 1. The van der Waals surface area contributed by atoms with E-state index in [0.29, 0.717) is 16.7 Å². The van der Waals surface area contributed by atoms with E-state index in [1.165, 1.54) is 88.8 Å². The molecule has 0 aromatic heterocycles. The molecule has 0 aliphatic heterocycles. The maximum absolute atomic E-state index is 14.6. The van der Waals surface area contributed by atoms with Gasteiger partial charge in [0.25, 0.3) is 0 Å². The number of nitrogens with two attached hydrogens (primary N) is 2. The minimum absolute atomic E-state index is 0.0299. The zero-order chi connectivity index (χ0) is 28.0. The van der Waals surface area contributed by atoms with E-state index in [0.717, 1.165) is 42.4 Å². The third-order valence-electron chi connectivity index (χ3n) is 12.6. The number of rotatable bonds is 9. The average molecular weight is 545 g/mol. The van der Waals surface area contributed by atoms with Gasteiger partial charge in [0.2, 0.25) is 0 Å². The van der Waals surface area contributed by atoms with Crippen molar-refractivity contribution in [3.63, 3.8) is 0 Å². The van der Waals surface area contributed by atoms with Crippen molar-refractivity contribution in [2.24, 2.45) is 52.3 Å². The van der Waals surface area contributed by atoms with Crippen LogP contribution in [0.5, 0.6) is 0 Å². The number of anilines is 2. The smallest absolute Gasteiger partial charge is 0.383 e. The molecule has 0 bridgehead atoms. The van der Waals surface area contributed by atoms with E-state index < -0.39 is 6.11 Å². The summed E-state index contributed by atoms with van der Waals surface area (Å²) in [5.74, 6) is 5.41. The molecule has 220 valence electrons. The molecule has 3 nitrogen and oxygen atoms in total. The fourth-order valence-electron chi connectivity index (χ4n) is 10.5. The summed E-state index contributed by atoms with van der Waals surface area (Å²) in [5.41, 5.74) is 12.7. The SMILES string of the molecule is CC(CCCC(C)[C@H]1CC[C@H]2[C@@H]3CCC4CCCC[C@]4(C)[C@H]3CC[C@]12C)COC(F)(F)c1cc(N)cc(N)c1. The van der Waals surface area contributed by atoms with Gasteiger partial charge in [-0.3, -0.25) is 0 Å². The predicted octanol–water partition coefficient (Wildman–Crippen LogP) is 9.41. The fourth-order valence-corrected chi connectivity index (χ4v) is 10.5. The fraction of sp³-hybridized carbons (Fsp3) is 0.824. The third kappa shape index (κ3) is 5.60. The Morgan fingerprint density at radius 2 is 1.59 bits per heavy atom. The van der Waals surface area contributed by atoms with Crippen molar-refractivity contribution in [3.8, 4) is 0 Å².